The molecule has 2 heteroatoms. The lowest BCUT2D eigenvalue weighted by molar-refractivity contribution is 0.454. The molecule has 0 atom stereocenters. The molecule has 3 N–H and O–H groups in total. The van der Waals surface area contributed by atoms with Crippen LogP contribution in [-0.2, 0) is 5.41 Å². The summed E-state index contributed by atoms with van der Waals surface area (Å²) in [5.74, 6) is 0. The van der Waals surface area contributed by atoms with E-state index >= 15 is 0 Å². The molecule has 1 aliphatic carbocycles. The maximum Gasteiger partial charge on any atom is 0.0459 e. The SMILES string of the molecule is Cc1ccc2[nH]c(C)c(C3(CN)CCCC3)c2c1. The number of rotatable bonds is 2. The average Bonchev–Trinajstić information content (AvgIpc) is 2.93. The molecule has 0 unspecified atom stereocenters. The van der Waals surface area contributed by atoms with Crippen molar-refractivity contribution < 1.29 is 0 Å². The number of H-pyrrole nitrogens is 1. The fraction of sp³-hybridized carbons (Fsp3) is 0.500. The number of aromatic amines is 1. The Kier molecular flexibility index (Phi) is 2.70. The number of nitrogens with one attached hydrogen (secondary N) is 1. The summed E-state index contributed by atoms with van der Waals surface area (Å²) >= 11 is 0. The molecule has 0 radical (unpaired) electrons. The second kappa shape index (κ2) is 4.13. The summed E-state index contributed by atoms with van der Waals surface area (Å²) in [4.78, 5) is 3.53. The maximum atomic E-state index is 6.14. The van der Waals surface area contributed by atoms with E-state index in [4.69, 9.17) is 5.73 Å². The maximum absolute atomic E-state index is 6.14. The van der Waals surface area contributed by atoms with Crippen molar-refractivity contribution in [3.63, 3.8) is 0 Å². The summed E-state index contributed by atoms with van der Waals surface area (Å²) in [7, 11) is 0. The van der Waals surface area contributed by atoms with Crippen LogP contribution in [0.5, 0.6) is 0 Å². The normalized spacial score (nSPS) is 18.6. The minimum atomic E-state index is 0.218. The first-order valence-corrected chi connectivity index (χ1v) is 6.96. The van der Waals surface area contributed by atoms with Gasteiger partial charge in [-0.1, -0.05) is 24.5 Å². The fourth-order valence-electron chi connectivity index (χ4n) is 3.73. The third-order valence-corrected chi connectivity index (χ3v) is 4.62. The van der Waals surface area contributed by atoms with Crippen LogP contribution in [-0.4, -0.2) is 11.5 Å². The zero-order valence-electron chi connectivity index (χ0n) is 11.3. The number of nitrogens with two attached hydrogens (primary N) is 1. The van der Waals surface area contributed by atoms with Crippen LogP contribution in [0.25, 0.3) is 10.9 Å². The highest BCUT2D eigenvalue weighted by Crippen LogP contribution is 2.44. The van der Waals surface area contributed by atoms with Crippen LogP contribution in [0.3, 0.4) is 0 Å². The third-order valence-electron chi connectivity index (χ3n) is 4.62. The van der Waals surface area contributed by atoms with E-state index in [0.717, 1.165) is 6.54 Å². The van der Waals surface area contributed by atoms with Gasteiger partial charge in [0.25, 0.3) is 0 Å². The molecular formula is C16H22N2. The van der Waals surface area contributed by atoms with E-state index in [1.165, 1.54) is 53.4 Å². The topological polar surface area (TPSA) is 41.8 Å². The standard InChI is InChI=1S/C16H22N2/c1-11-5-6-14-13(9-11)15(12(2)18-14)16(10-17)7-3-4-8-16/h5-6,9,18H,3-4,7-8,10,17H2,1-2H3. The van der Waals surface area contributed by atoms with Gasteiger partial charge in [0.2, 0.25) is 0 Å². The minimum Gasteiger partial charge on any atom is -0.358 e. The number of benzene rings is 1. The molecule has 1 fully saturated rings. The van der Waals surface area contributed by atoms with Crippen molar-refractivity contribution >= 4 is 10.9 Å². The molecular weight excluding hydrogens is 220 g/mol. The van der Waals surface area contributed by atoms with Gasteiger partial charge in [-0.3, -0.25) is 0 Å². The van der Waals surface area contributed by atoms with Crippen LogP contribution in [0.1, 0.15) is 42.5 Å². The summed E-state index contributed by atoms with van der Waals surface area (Å²) in [5.41, 5.74) is 11.7. The van der Waals surface area contributed by atoms with Crippen LogP contribution in [0.4, 0.5) is 0 Å². The molecule has 2 aromatic rings. The molecule has 96 valence electrons. The molecule has 2 nitrogen and oxygen atoms in total. The van der Waals surface area contributed by atoms with Crippen LogP contribution in [0.15, 0.2) is 18.2 Å². The Labute approximate surface area is 109 Å². The number of aromatic nitrogens is 1. The first-order chi connectivity index (χ1) is 8.66. The van der Waals surface area contributed by atoms with E-state index in [2.05, 4.69) is 37.0 Å². The molecule has 0 bridgehead atoms. The second-order valence-corrected chi connectivity index (χ2v) is 5.87. The van der Waals surface area contributed by atoms with Gasteiger partial charge in [0.1, 0.15) is 0 Å². The largest absolute Gasteiger partial charge is 0.358 e. The van der Waals surface area contributed by atoms with E-state index in [-0.39, 0.29) is 5.41 Å². The zero-order chi connectivity index (χ0) is 12.8. The summed E-state index contributed by atoms with van der Waals surface area (Å²) in [6, 6.07) is 6.68. The Balaban J connectivity index is 2.27. The Hall–Kier alpha value is -1.28. The van der Waals surface area contributed by atoms with Crippen molar-refractivity contribution in [3.8, 4) is 0 Å². The highest BCUT2D eigenvalue weighted by Gasteiger charge is 2.37. The fourth-order valence-corrected chi connectivity index (χ4v) is 3.73. The van der Waals surface area contributed by atoms with Crippen molar-refractivity contribution in [3.05, 3.63) is 35.0 Å². The van der Waals surface area contributed by atoms with Crippen molar-refractivity contribution in [1.29, 1.82) is 0 Å². The monoisotopic (exact) mass is 242 g/mol. The predicted molar refractivity (Wildman–Crippen MR) is 77.0 cm³/mol. The third kappa shape index (κ3) is 1.59. The van der Waals surface area contributed by atoms with Gasteiger partial charge in [-0.2, -0.15) is 0 Å². The molecule has 0 aliphatic heterocycles. The Bertz CT molecular complexity index is 574. The van der Waals surface area contributed by atoms with Crippen LogP contribution >= 0.6 is 0 Å². The van der Waals surface area contributed by atoms with Crippen molar-refractivity contribution in [1.82, 2.24) is 4.98 Å². The summed E-state index contributed by atoms with van der Waals surface area (Å²) < 4.78 is 0. The van der Waals surface area contributed by atoms with Gasteiger partial charge in [0.15, 0.2) is 0 Å². The van der Waals surface area contributed by atoms with Crippen molar-refractivity contribution in [2.45, 2.75) is 44.9 Å². The van der Waals surface area contributed by atoms with Gasteiger partial charge in [-0.05, 0) is 44.4 Å². The van der Waals surface area contributed by atoms with Gasteiger partial charge in [0.05, 0.1) is 0 Å². The zero-order valence-corrected chi connectivity index (χ0v) is 11.3. The first-order valence-electron chi connectivity index (χ1n) is 6.96. The van der Waals surface area contributed by atoms with E-state index in [9.17, 15) is 0 Å². The number of hydrogen-bond donors (Lipinski definition) is 2. The molecule has 0 amide bonds. The molecule has 1 heterocycles. The smallest absolute Gasteiger partial charge is 0.0459 e. The minimum absolute atomic E-state index is 0.218. The molecule has 1 aromatic heterocycles. The molecule has 3 rings (SSSR count). The summed E-state index contributed by atoms with van der Waals surface area (Å²) in [6.45, 7) is 5.13. The second-order valence-electron chi connectivity index (χ2n) is 5.87. The van der Waals surface area contributed by atoms with Crippen molar-refractivity contribution in [2.75, 3.05) is 6.54 Å². The Morgan fingerprint density at radius 2 is 1.94 bits per heavy atom. The van der Waals surface area contributed by atoms with Gasteiger partial charge in [-0.25, -0.2) is 0 Å². The van der Waals surface area contributed by atoms with E-state index in [1.54, 1.807) is 0 Å². The lowest BCUT2D eigenvalue weighted by Crippen LogP contribution is -2.32. The number of fused-ring (bicyclic) bond motifs is 1. The molecule has 0 saturated heterocycles. The highest BCUT2D eigenvalue weighted by molar-refractivity contribution is 5.86. The lowest BCUT2D eigenvalue weighted by Gasteiger charge is -2.28. The predicted octanol–water partition coefficient (Wildman–Crippen LogP) is 3.56. The van der Waals surface area contributed by atoms with E-state index in [1.807, 2.05) is 0 Å². The molecule has 0 spiro atoms. The van der Waals surface area contributed by atoms with Crippen LogP contribution in [0.2, 0.25) is 0 Å². The number of hydrogen-bond acceptors (Lipinski definition) is 1. The molecule has 1 saturated carbocycles. The summed E-state index contributed by atoms with van der Waals surface area (Å²) in [6.07, 6.45) is 5.11. The number of aryl methyl sites for hydroxylation is 2. The van der Waals surface area contributed by atoms with Gasteiger partial charge < -0.3 is 10.7 Å². The van der Waals surface area contributed by atoms with Gasteiger partial charge >= 0.3 is 0 Å². The van der Waals surface area contributed by atoms with Gasteiger partial charge in [-0.15, -0.1) is 0 Å². The molecule has 1 aromatic carbocycles. The highest BCUT2D eigenvalue weighted by atomic mass is 14.7. The van der Waals surface area contributed by atoms with Crippen molar-refractivity contribution in [2.24, 2.45) is 5.73 Å². The first kappa shape index (κ1) is 11.8. The summed E-state index contributed by atoms with van der Waals surface area (Å²) in [5, 5.41) is 1.39. The Morgan fingerprint density at radius 1 is 1.22 bits per heavy atom. The molecule has 1 aliphatic rings. The average molecular weight is 242 g/mol. The van der Waals surface area contributed by atoms with Crippen LogP contribution in [0, 0.1) is 13.8 Å². The van der Waals surface area contributed by atoms with Gasteiger partial charge in [0, 0.05) is 28.6 Å². The quantitative estimate of drug-likeness (QED) is 0.830. The lowest BCUT2D eigenvalue weighted by atomic mass is 9.77. The van der Waals surface area contributed by atoms with E-state index in [0.29, 0.717) is 0 Å². The molecule has 18 heavy (non-hydrogen) atoms. The van der Waals surface area contributed by atoms with Crippen LogP contribution < -0.4 is 5.73 Å². The Morgan fingerprint density at radius 3 is 2.61 bits per heavy atom. The van der Waals surface area contributed by atoms with E-state index < -0.39 is 0 Å².